The van der Waals surface area contributed by atoms with Crippen molar-refractivity contribution in [3.8, 4) is 5.75 Å². The van der Waals surface area contributed by atoms with Crippen LogP contribution in [0.1, 0.15) is 42.9 Å². The largest absolute Gasteiger partial charge is 0.496 e. The summed E-state index contributed by atoms with van der Waals surface area (Å²) < 4.78 is 5.35. The highest BCUT2D eigenvalue weighted by atomic mass is 16.5. The molecule has 0 N–H and O–H groups in total. The number of aryl methyl sites for hydroxylation is 1. The van der Waals surface area contributed by atoms with Gasteiger partial charge in [-0.05, 0) is 60.1 Å². The molecule has 0 aliphatic rings. The van der Waals surface area contributed by atoms with Gasteiger partial charge in [0.25, 0.3) is 0 Å². The van der Waals surface area contributed by atoms with Gasteiger partial charge in [-0.25, -0.2) is 0 Å². The zero-order valence-electron chi connectivity index (χ0n) is 16.5. The van der Waals surface area contributed by atoms with E-state index in [0.29, 0.717) is 12.3 Å². The molecule has 1 unspecified atom stereocenters. The quantitative estimate of drug-likeness (QED) is 0.712. The lowest BCUT2D eigenvalue weighted by molar-refractivity contribution is -0.130. The molecule has 4 nitrogen and oxygen atoms in total. The second kappa shape index (κ2) is 9.37. The van der Waals surface area contributed by atoms with Gasteiger partial charge in [-0.2, -0.15) is 0 Å². The Labute approximate surface area is 157 Å². The second-order valence-corrected chi connectivity index (χ2v) is 7.20. The molecule has 1 atom stereocenters. The molecule has 1 amide bonds. The van der Waals surface area contributed by atoms with Crippen LogP contribution in [0, 0.1) is 12.8 Å². The highest BCUT2D eigenvalue weighted by molar-refractivity contribution is 5.77. The van der Waals surface area contributed by atoms with Crippen LogP contribution in [-0.4, -0.2) is 36.5 Å². The van der Waals surface area contributed by atoms with Crippen molar-refractivity contribution < 1.29 is 9.53 Å². The standard InChI is InChI=1S/C22H30N2O2/c1-16(2)20(19-6-7-21(26-5)17(3)14-19)15-22(25)24(4)13-10-18-8-11-23-12-9-18/h6-9,11-12,14,16,20H,10,13,15H2,1-5H3. The highest BCUT2D eigenvalue weighted by Crippen LogP contribution is 2.31. The first-order valence-corrected chi connectivity index (χ1v) is 9.19. The molecule has 4 heteroatoms. The van der Waals surface area contributed by atoms with Crippen molar-refractivity contribution in [2.75, 3.05) is 20.7 Å². The number of likely N-dealkylation sites (N-methyl/N-ethyl adjacent to an activating group) is 1. The summed E-state index contributed by atoms with van der Waals surface area (Å²) in [6.07, 6.45) is 4.95. The Morgan fingerprint density at radius 1 is 1.19 bits per heavy atom. The van der Waals surface area contributed by atoms with Crippen LogP contribution in [0.5, 0.6) is 5.75 Å². The number of ether oxygens (including phenoxy) is 1. The number of carbonyl (C=O) groups excluding carboxylic acids is 1. The van der Waals surface area contributed by atoms with E-state index >= 15 is 0 Å². The maximum atomic E-state index is 12.7. The Morgan fingerprint density at radius 3 is 2.46 bits per heavy atom. The summed E-state index contributed by atoms with van der Waals surface area (Å²) in [5.41, 5.74) is 3.51. The molecule has 2 aromatic rings. The van der Waals surface area contributed by atoms with Crippen molar-refractivity contribution in [2.45, 2.75) is 39.5 Å². The van der Waals surface area contributed by atoms with E-state index in [-0.39, 0.29) is 11.8 Å². The van der Waals surface area contributed by atoms with Crippen LogP contribution >= 0.6 is 0 Å². The molecular weight excluding hydrogens is 324 g/mol. The molecule has 1 aromatic carbocycles. The third kappa shape index (κ3) is 5.32. The summed E-state index contributed by atoms with van der Waals surface area (Å²) in [7, 11) is 3.57. The van der Waals surface area contributed by atoms with Gasteiger partial charge < -0.3 is 9.64 Å². The summed E-state index contributed by atoms with van der Waals surface area (Å²) in [5.74, 6) is 1.67. The lowest BCUT2D eigenvalue weighted by Gasteiger charge is -2.25. The molecule has 0 saturated heterocycles. The van der Waals surface area contributed by atoms with Crippen LogP contribution < -0.4 is 4.74 Å². The molecule has 26 heavy (non-hydrogen) atoms. The Morgan fingerprint density at radius 2 is 1.88 bits per heavy atom. The first-order chi connectivity index (χ1) is 12.4. The molecule has 1 heterocycles. The summed E-state index contributed by atoms with van der Waals surface area (Å²) >= 11 is 0. The lowest BCUT2D eigenvalue weighted by Crippen LogP contribution is -2.30. The van der Waals surface area contributed by atoms with E-state index in [1.165, 1.54) is 11.1 Å². The third-order valence-corrected chi connectivity index (χ3v) is 4.96. The number of benzene rings is 1. The molecule has 0 radical (unpaired) electrons. The van der Waals surface area contributed by atoms with Gasteiger partial charge in [0.1, 0.15) is 5.75 Å². The number of carbonyl (C=O) groups is 1. The predicted molar refractivity (Wildman–Crippen MR) is 106 cm³/mol. The maximum Gasteiger partial charge on any atom is 0.222 e. The van der Waals surface area contributed by atoms with Gasteiger partial charge in [0.2, 0.25) is 5.91 Å². The Hall–Kier alpha value is -2.36. The summed E-state index contributed by atoms with van der Waals surface area (Å²) in [5, 5.41) is 0. The SMILES string of the molecule is COc1ccc(C(CC(=O)N(C)CCc2ccncc2)C(C)C)cc1C. The van der Waals surface area contributed by atoms with Crippen molar-refractivity contribution in [2.24, 2.45) is 5.92 Å². The Bertz CT molecular complexity index is 713. The minimum absolute atomic E-state index is 0.186. The van der Waals surface area contributed by atoms with Gasteiger partial charge in [0, 0.05) is 32.4 Å². The smallest absolute Gasteiger partial charge is 0.222 e. The van der Waals surface area contributed by atoms with Crippen LogP contribution in [0.25, 0.3) is 0 Å². The van der Waals surface area contributed by atoms with Crippen LogP contribution in [0.15, 0.2) is 42.7 Å². The molecule has 1 aromatic heterocycles. The molecule has 0 aliphatic carbocycles. The summed E-state index contributed by atoms with van der Waals surface area (Å²) in [4.78, 5) is 18.6. The predicted octanol–water partition coefficient (Wildman–Crippen LogP) is 4.23. The summed E-state index contributed by atoms with van der Waals surface area (Å²) in [6, 6.07) is 10.2. The van der Waals surface area contributed by atoms with Gasteiger partial charge in [-0.1, -0.05) is 26.0 Å². The monoisotopic (exact) mass is 354 g/mol. The Balaban J connectivity index is 2.02. The minimum Gasteiger partial charge on any atom is -0.496 e. The van der Waals surface area contributed by atoms with Crippen molar-refractivity contribution >= 4 is 5.91 Å². The van der Waals surface area contributed by atoms with Gasteiger partial charge in [-0.15, -0.1) is 0 Å². The minimum atomic E-state index is 0.186. The van der Waals surface area contributed by atoms with Gasteiger partial charge in [-0.3, -0.25) is 9.78 Å². The fraction of sp³-hybridized carbons (Fsp3) is 0.455. The Kier molecular flexibility index (Phi) is 7.19. The van der Waals surface area contributed by atoms with Gasteiger partial charge >= 0.3 is 0 Å². The van der Waals surface area contributed by atoms with E-state index < -0.39 is 0 Å². The van der Waals surface area contributed by atoms with Crippen molar-refractivity contribution in [1.82, 2.24) is 9.88 Å². The zero-order valence-corrected chi connectivity index (χ0v) is 16.5. The number of methoxy groups -OCH3 is 1. The number of rotatable bonds is 8. The lowest BCUT2D eigenvalue weighted by atomic mass is 9.84. The molecular formula is C22H30N2O2. The molecule has 0 aliphatic heterocycles. The number of aromatic nitrogens is 1. The van der Waals surface area contributed by atoms with Crippen LogP contribution in [0.4, 0.5) is 0 Å². The van der Waals surface area contributed by atoms with Crippen molar-refractivity contribution in [1.29, 1.82) is 0 Å². The highest BCUT2D eigenvalue weighted by Gasteiger charge is 2.22. The summed E-state index contributed by atoms with van der Waals surface area (Å²) in [6.45, 7) is 7.11. The topological polar surface area (TPSA) is 42.4 Å². The van der Waals surface area contributed by atoms with Crippen LogP contribution in [0.3, 0.4) is 0 Å². The fourth-order valence-electron chi connectivity index (χ4n) is 3.19. The third-order valence-electron chi connectivity index (χ3n) is 4.96. The molecule has 0 bridgehead atoms. The van der Waals surface area contributed by atoms with E-state index in [2.05, 4.69) is 31.0 Å². The maximum absolute atomic E-state index is 12.7. The molecule has 0 saturated carbocycles. The average Bonchev–Trinajstić information content (AvgIpc) is 2.64. The molecule has 140 valence electrons. The van der Waals surface area contributed by atoms with Crippen molar-refractivity contribution in [3.63, 3.8) is 0 Å². The van der Waals surface area contributed by atoms with Crippen LogP contribution in [-0.2, 0) is 11.2 Å². The number of amides is 1. The van der Waals surface area contributed by atoms with Gasteiger partial charge in [0.05, 0.1) is 7.11 Å². The first kappa shape index (κ1) is 20.0. The normalized spacial score (nSPS) is 12.1. The number of pyridine rings is 1. The van der Waals surface area contributed by atoms with E-state index in [0.717, 1.165) is 24.3 Å². The molecule has 2 rings (SSSR count). The fourth-order valence-corrected chi connectivity index (χ4v) is 3.19. The second-order valence-electron chi connectivity index (χ2n) is 7.20. The van der Waals surface area contributed by atoms with E-state index in [9.17, 15) is 4.79 Å². The molecule has 0 fully saturated rings. The number of nitrogens with zero attached hydrogens (tertiary/aromatic N) is 2. The zero-order chi connectivity index (χ0) is 19.1. The van der Waals surface area contributed by atoms with Gasteiger partial charge in [0.15, 0.2) is 0 Å². The first-order valence-electron chi connectivity index (χ1n) is 9.19. The van der Waals surface area contributed by atoms with Crippen LogP contribution in [0.2, 0.25) is 0 Å². The van der Waals surface area contributed by atoms with E-state index in [1.54, 1.807) is 19.5 Å². The number of hydrogen-bond acceptors (Lipinski definition) is 3. The molecule has 0 spiro atoms. The number of hydrogen-bond donors (Lipinski definition) is 0. The average molecular weight is 354 g/mol. The van der Waals surface area contributed by atoms with Crippen molar-refractivity contribution in [3.05, 3.63) is 59.4 Å². The van der Waals surface area contributed by atoms with E-state index in [4.69, 9.17) is 4.74 Å². The van der Waals surface area contributed by atoms with E-state index in [1.807, 2.05) is 37.1 Å².